The van der Waals surface area contributed by atoms with E-state index in [0.29, 0.717) is 23.8 Å². The van der Waals surface area contributed by atoms with Gasteiger partial charge in [-0.3, -0.25) is 14.9 Å². The Hall–Kier alpha value is -2.08. The minimum Gasteiger partial charge on any atom is -0.349 e. The minimum absolute atomic E-state index is 0.0704. The standard InChI is InChI=1S/C20H24ClN3O3/c1-19(10-20(11-19)17(26)23-18(27)24-20)16(25)22-15(12-5-2-3-6-12)13-7-4-8-14(21)9-13/h4,7-9,12,15H,2-3,5-6,10-11H2,1H3,(H,22,25)(H2,23,24,26,27). The zero-order chi connectivity index (χ0) is 19.2. The number of benzene rings is 1. The molecule has 27 heavy (non-hydrogen) atoms. The number of nitrogens with one attached hydrogen (secondary N) is 3. The Kier molecular flexibility index (Phi) is 4.41. The third-order valence-electron chi connectivity index (χ3n) is 6.31. The maximum Gasteiger partial charge on any atom is 0.322 e. The van der Waals surface area contributed by atoms with E-state index < -0.39 is 17.0 Å². The minimum atomic E-state index is -0.928. The Labute approximate surface area is 163 Å². The lowest BCUT2D eigenvalue weighted by Gasteiger charge is -2.49. The normalized spacial score (nSPS) is 31.3. The third kappa shape index (κ3) is 3.20. The van der Waals surface area contributed by atoms with Crippen molar-refractivity contribution in [2.45, 2.75) is 57.0 Å². The van der Waals surface area contributed by atoms with E-state index in [1.165, 1.54) is 12.8 Å². The van der Waals surface area contributed by atoms with E-state index in [-0.39, 0.29) is 17.9 Å². The van der Waals surface area contributed by atoms with Crippen LogP contribution >= 0.6 is 11.6 Å². The first-order valence-electron chi connectivity index (χ1n) is 9.51. The molecule has 1 aliphatic heterocycles. The average molecular weight is 390 g/mol. The molecule has 0 aromatic heterocycles. The summed E-state index contributed by atoms with van der Waals surface area (Å²) in [4.78, 5) is 36.6. The highest BCUT2D eigenvalue weighted by Gasteiger charge is 2.63. The highest BCUT2D eigenvalue weighted by molar-refractivity contribution is 6.30. The summed E-state index contributed by atoms with van der Waals surface area (Å²) in [6.07, 6.45) is 5.13. The largest absolute Gasteiger partial charge is 0.349 e. The van der Waals surface area contributed by atoms with Gasteiger partial charge in [0.25, 0.3) is 5.91 Å². The molecule has 3 aliphatic rings. The Morgan fingerprint density at radius 1 is 1.26 bits per heavy atom. The molecule has 2 aliphatic carbocycles. The number of rotatable bonds is 4. The van der Waals surface area contributed by atoms with Crippen molar-refractivity contribution in [1.29, 1.82) is 0 Å². The second-order valence-electron chi connectivity index (χ2n) is 8.46. The summed E-state index contributed by atoms with van der Waals surface area (Å²) in [6.45, 7) is 1.86. The lowest BCUT2D eigenvalue weighted by molar-refractivity contribution is -0.146. The van der Waals surface area contributed by atoms with Crippen LogP contribution in [0.5, 0.6) is 0 Å². The molecule has 2 saturated carbocycles. The van der Waals surface area contributed by atoms with Gasteiger partial charge < -0.3 is 10.6 Å². The summed E-state index contributed by atoms with van der Waals surface area (Å²) in [5.41, 5.74) is -0.584. The van der Waals surface area contributed by atoms with E-state index in [1.54, 1.807) is 0 Å². The molecule has 1 saturated heterocycles. The zero-order valence-electron chi connectivity index (χ0n) is 15.3. The molecule has 3 N–H and O–H groups in total. The summed E-state index contributed by atoms with van der Waals surface area (Å²) in [5.74, 6) is -0.0153. The number of amides is 4. The number of urea groups is 1. The van der Waals surface area contributed by atoms with Crippen molar-refractivity contribution in [1.82, 2.24) is 16.0 Å². The molecular formula is C20H24ClN3O3. The topological polar surface area (TPSA) is 87.3 Å². The molecule has 1 unspecified atom stereocenters. The first-order chi connectivity index (χ1) is 12.8. The van der Waals surface area contributed by atoms with E-state index in [2.05, 4.69) is 16.0 Å². The van der Waals surface area contributed by atoms with E-state index in [4.69, 9.17) is 11.6 Å². The fourth-order valence-corrected chi connectivity index (χ4v) is 5.20. The van der Waals surface area contributed by atoms with Gasteiger partial charge in [-0.15, -0.1) is 0 Å². The lowest BCUT2D eigenvalue weighted by atomic mass is 9.57. The van der Waals surface area contributed by atoms with Crippen LogP contribution < -0.4 is 16.0 Å². The molecule has 1 spiro atoms. The number of halogens is 1. The second kappa shape index (κ2) is 6.51. The molecule has 0 radical (unpaired) electrons. The number of hydrogen-bond acceptors (Lipinski definition) is 3. The summed E-state index contributed by atoms with van der Waals surface area (Å²) in [7, 11) is 0. The molecule has 1 aromatic rings. The fraction of sp³-hybridized carbons (Fsp3) is 0.550. The van der Waals surface area contributed by atoms with Gasteiger partial charge in [-0.25, -0.2) is 4.79 Å². The summed E-state index contributed by atoms with van der Waals surface area (Å²) in [5, 5.41) is 8.84. The second-order valence-corrected chi connectivity index (χ2v) is 8.89. The number of carbonyl (C=O) groups excluding carboxylic acids is 3. The molecule has 144 valence electrons. The monoisotopic (exact) mass is 389 g/mol. The SMILES string of the molecule is CC1(C(=O)NC(c2cccc(Cl)c2)C2CCCC2)CC2(C1)NC(=O)NC2=O. The van der Waals surface area contributed by atoms with E-state index in [1.807, 2.05) is 31.2 Å². The predicted octanol–water partition coefficient (Wildman–Crippen LogP) is 3.07. The lowest BCUT2D eigenvalue weighted by Crippen LogP contribution is -2.65. The molecule has 7 heteroatoms. The smallest absolute Gasteiger partial charge is 0.322 e. The molecule has 6 nitrogen and oxygen atoms in total. The fourth-order valence-electron chi connectivity index (χ4n) is 5.00. The van der Waals surface area contributed by atoms with Crippen molar-refractivity contribution in [3.05, 3.63) is 34.9 Å². The maximum atomic E-state index is 13.1. The molecule has 1 aromatic carbocycles. The third-order valence-corrected chi connectivity index (χ3v) is 6.55. The molecule has 0 bridgehead atoms. The van der Waals surface area contributed by atoms with Gasteiger partial charge in [-0.05, 0) is 49.3 Å². The molecule has 4 rings (SSSR count). The molecule has 4 amide bonds. The van der Waals surface area contributed by atoms with Crippen molar-refractivity contribution >= 4 is 29.4 Å². The van der Waals surface area contributed by atoms with Gasteiger partial charge in [0.05, 0.1) is 11.5 Å². The van der Waals surface area contributed by atoms with E-state index in [9.17, 15) is 14.4 Å². The Balaban J connectivity index is 1.51. The first-order valence-corrected chi connectivity index (χ1v) is 9.89. The first kappa shape index (κ1) is 18.3. The van der Waals surface area contributed by atoms with Gasteiger partial charge in [-0.1, -0.05) is 43.5 Å². The Morgan fingerprint density at radius 2 is 1.96 bits per heavy atom. The van der Waals surface area contributed by atoms with Crippen LogP contribution in [0.3, 0.4) is 0 Å². The zero-order valence-corrected chi connectivity index (χ0v) is 16.1. The number of carbonyl (C=O) groups is 3. The van der Waals surface area contributed by atoms with Crippen molar-refractivity contribution in [3.8, 4) is 0 Å². The van der Waals surface area contributed by atoms with E-state index in [0.717, 1.165) is 18.4 Å². The quantitative estimate of drug-likeness (QED) is 0.691. The highest BCUT2D eigenvalue weighted by atomic mass is 35.5. The van der Waals surface area contributed by atoms with Crippen molar-refractivity contribution in [2.75, 3.05) is 0 Å². The van der Waals surface area contributed by atoms with Crippen LogP contribution in [0.1, 0.15) is 57.1 Å². The Bertz CT molecular complexity index is 797. The van der Waals surface area contributed by atoms with Gasteiger partial charge in [-0.2, -0.15) is 0 Å². The summed E-state index contributed by atoms with van der Waals surface area (Å²) < 4.78 is 0. The number of imide groups is 1. The van der Waals surface area contributed by atoms with Crippen LogP contribution in [0.2, 0.25) is 5.02 Å². The van der Waals surface area contributed by atoms with Gasteiger partial charge in [0.15, 0.2) is 0 Å². The van der Waals surface area contributed by atoms with Crippen molar-refractivity contribution < 1.29 is 14.4 Å². The van der Waals surface area contributed by atoms with Crippen molar-refractivity contribution in [2.24, 2.45) is 11.3 Å². The van der Waals surface area contributed by atoms with Crippen LogP contribution in [0.4, 0.5) is 4.79 Å². The maximum absolute atomic E-state index is 13.1. The van der Waals surface area contributed by atoms with Crippen LogP contribution in [-0.2, 0) is 9.59 Å². The molecule has 1 atom stereocenters. The molecule has 3 fully saturated rings. The predicted molar refractivity (Wildman–Crippen MR) is 101 cm³/mol. The highest BCUT2D eigenvalue weighted by Crippen LogP contribution is 2.50. The van der Waals surface area contributed by atoms with Crippen LogP contribution in [0, 0.1) is 11.3 Å². The van der Waals surface area contributed by atoms with Crippen LogP contribution in [0.15, 0.2) is 24.3 Å². The van der Waals surface area contributed by atoms with E-state index >= 15 is 0 Å². The molecule has 1 heterocycles. The van der Waals surface area contributed by atoms with Gasteiger partial charge in [0.2, 0.25) is 5.91 Å². The molecular weight excluding hydrogens is 366 g/mol. The summed E-state index contributed by atoms with van der Waals surface area (Å²) in [6, 6.07) is 7.09. The van der Waals surface area contributed by atoms with Gasteiger partial charge >= 0.3 is 6.03 Å². The summed E-state index contributed by atoms with van der Waals surface area (Å²) >= 11 is 6.17. The van der Waals surface area contributed by atoms with Crippen molar-refractivity contribution in [3.63, 3.8) is 0 Å². The number of hydrogen-bond donors (Lipinski definition) is 3. The van der Waals surface area contributed by atoms with Crippen LogP contribution in [0.25, 0.3) is 0 Å². The van der Waals surface area contributed by atoms with Crippen LogP contribution in [-0.4, -0.2) is 23.4 Å². The average Bonchev–Trinajstić information content (AvgIpc) is 3.20. The van der Waals surface area contributed by atoms with Gasteiger partial charge in [0, 0.05) is 5.02 Å². The van der Waals surface area contributed by atoms with Gasteiger partial charge in [0.1, 0.15) is 5.54 Å². The Morgan fingerprint density at radius 3 is 2.56 bits per heavy atom.